The number of hydrogen-bond acceptors (Lipinski definition) is 12. The highest BCUT2D eigenvalue weighted by atomic mass is 127. The lowest BCUT2D eigenvalue weighted by atomic mass is 10.0. The van der Waals surface area contributed by atoms with Crippen LogP contribution in [0.15, 0.2) is 0 Å². The van der Waals surface area contributed by atoms with Crippen molar-refractivity contribution in [2.75, 3.05) is 72.8 Å². The van der Waals surface area contributed by atoms with E-state index >= 15 is 0 Å². The molecule has 0 aromatic heterocycles. The molecular weight excluding hydrogens is 1360 g/mol. The molecule has 0 bridgehead atoms. The van der Waals surface area contributed by atoms with Crippen LogP contribution in [-0.2, 0) is 9.59 Å². The maximum atomic E-state index is 14.4. The monoisotopic (exact) mass is 1390 g/mol. The van der Waals surface area contributed by atoms with E-state index in [1.807, 2.05) is 136 Å². The molecule has 22 heteroatoms. The van der Waals surface area contributed by atoms with Gasteiger partial charge in [0.05, 0.1) is 94.8 Å². The maximum Gasteiger partial charge on any atom is 0.326 e. The Kier molecular flexibility index (Phi) is 20.5. The second-order valence-corrected chi connectivity index (χ2v) is 17.1. The molecule has 0 saturated carbocycles. The molecule has 0 spiro atoms. The molecule has 2 unspecified atom stereocenters. The molecule has 0 fully saturated rings. The predicted molar refractivity (Wildman–Crippen MR) is 239 cm³/mol. The minimum Gasteiger partial charge on any atom is -0.395 e. The zero-order valence-electron chi connectivity index (χ0n) is 26.8. The van der Waals surface area contributed by atoms with E-state index < -0.39 is 88.4 Å². The fraction of sp³-hybridized carbons (Fsp3) is 0.483. The Morgan fingerprint density at radius 2 is 0.941 bits per heavy atom. The highest BCUT2D eigenvalue weighted by Crippen LogP contribution is 2.47. The number of hydrogen-bond donors (Lipinski definition) is 10. The molecular formula is C29H36I6N4O12. The summed E-state index contributed by atoms with van der Waals surface area (Å²) in [7, 11) is 0. The average Bonchev–Trinajstić information content (AvgIpc) is 3.08. The summed E-state index contributed by atoms with van der Waals surface area (Å²) >= 11 is 11.2. The Balaban J connectivity index is 3.07. The van der Waals surface area contributed by atoms with Gasteiger partial charge in [0.1, 0.15) is 12.2 Å². The largest absolute Gasteiger partial charge is 0.395 e. The number of amides is 4. The average molecular weight is 1390 g/mol. The number of anilines is 4. The smallest absolute Gasteiger partial charge is 0.326 e. The van der Waals surface area contributed by atoms with Crippen molar-refractivity contribution in [2.45, 2.75) is 38.1 Å². The van der Waals surface area contributed by atoms with Gasteiger partial charge in [-0.3, -0.25) is 14.5 Å². The zero-order chi connectivity index (χ0) is 39.1. The summed E-state index contributed by atoms with van der Waals surface area (Å²) in [5.74, 6) is -1.16. The van der Waals surface area contributed by atoms with Crippen LogP contribution in [0.5, 0.6) is 0 Å². The van der Waals surface area contributed by atoms with Crippen LogP contribution in [0.3, 0.4) is 0 Å². The van der Waals surface area contributed by atoms with Crippen LogP contribution < -0.4 is 20.0 Å². The summed E-state index contributed by atoms with van der Waals surface area (Å²) in [6, 6.07) is -3.09. The molecule has 0 saturated heterocycles. The van der Waals surface area contributed by atoms with E-state index in [2.05, 4.69) is 5.32 Å². The number of urea groups is 1. The quantitative estimate of drug-likeness (QED) is 0.108. The summed E-state index contributed by atoms with van der Waals surface area (Å²) in [5, 5.41) is 94.9. The van der Waals surface area contributed by atoms with Crippen LogP contribution in [0.25, 0.3) is 0 Å². The molecule has 0 aliphatic rings. The molecule has 16 nitrogen and oxygen atoms in total. The molecule has 2 aromatic carbocycles. The molecule has 2 aromatic rings. The summed E-state index contributed by atoms with van der Waals surface area (Å²) in [6.45, 7) is -2.50. The van der Waals surface area contributed by atoms with Crippen molar-refractivity contribution in [3.8, 4) is 0 Å². The summed E-state index contributed by atoms with van der Waals surface area (Å²) in [6.07, 6.45) is -2.98. The van der Waals surface area contributed by atoms with Gasteiger partial charge in [-0.15, -0.1) is 0 Å². The van der Waals surface area contributed by atoms with Crippen LogP contribution in [0, 0.1) is 21.4 Å². The standard InChI is InChI=1S/C29H36I6N4O12/c1-11(47)38(13(5-41)6-42)27-21(32)17(15(49)9-45)19(30)25(23(27)34)36-29(51)37(3-4-40)26-20(31)18(16(50)10-46)22(33)28(24(26)35)39(12(2)48)14(7-43)8-44/h13-16,40-46,49-50H,3-10H2,1-2H3,(H,36,51). The SMILES string of the molecule is CC(=O)N(c1c(I)c(NC(=O)N(CCO)c2c(I)c(C(O)CO)c(I)c(N(C(C)=O)C(CO)CO)c2I)c(I)c(C(O)CO)c1I)C(CO)CO. The number of nitrogens with one attached hydrogen (secondary N) is 1. The van der Waals surface area contributed by atoms with Gasteiger partial charge < -0.3 is 61.1 Å². The summed E-state index contributed by atoms with van der Waals surface area (Å²) in [5.41, 5.74) is 0.693. The first kappa shape index (κ1) is 47.8. The third-order valence-corrected chi connectivity index (χ3v) is 13.9. The maximum absolute atomic E-state index is 14.4. The van der Waals surface area contributed by atoms with Gasteiger partial charge >= 0.3 is 6.03 Å². The van der Waals surface area contributed by atoms with Crippen LogP contribution in [-0.4, -0.2) is 129 Å². The summed E-state index contributed by atoms with van der Waals surface area (Å²) < 4.78 is 1.65. The molecule has 51 heavy (non-hydrogen) atoms. The Morgan fingerprint density at radius 1 is 0.569 bits per heavy atom. The predicted octanol–water partition coefficient (Wildman–Crippen LogP) is 1.81. The molecule has 286 valence electrons. The van der Waals surface area contributed by atoms with Crippen molar-refractivity contribution < 1.29 is 60.3 Å². The van der Waals surface area contributed by atoms with E-state index in [1.165, 1.54) is 13.8 Å². The highest BCUT2D eigenvalue weighted by molar-refractivity contribution is 14.1. The number of nitrogens with zero attached hydrogens (tertiary/aromatic N) is 3. The van der Waals surface area contributed by atoms with Crippen LogP contribution in [0.2, 0.25) is 0 Å². The lowest BCUT2D eigenvalue weighted by Gasteiger charge is -2.35. The molecule has 0 aliphatic carbocycles. The van der Waals surface area contributed by atoms with E-state index in [-0.39, 0.29) is 54.7 Å². The van der Waals surface area contributed by atoms with E-state index in [4.69, 9.17) is 0 Å². The minimum atomic E-state index is -1.50. The number of rotatable bonds is 16. The van der Waals surface area contributed by atoms with Crippen molar-refractivity contribution in [3.05, 3.63) is 32.5 Å². The number of carbonyl (C=O) groups is 3. The van der Waals surface area contributed by atoms with E-state index in [0.717, 1.165) is 14.7 Å². The van der Waals surface area contributed by atoms with Gasteiger partial charge in [0.15, 0.2) is 0 Å². The van der Waals surface area contributed by atoms with E-state index in [1.54, 1.807) is 0 Å². The first-order valence-corrected chi connectivity index (χ1v) is 21.1. The van der Waals surface area contributed by atoms with Crippen molar-refractivity contribution in [2.24, 2.45) is 0 Å². The fourth-order valence-corrected chi connectivity index (χ4v) is 14.8. The van der Waals surface area contributed by atoms with Gasteiger partial charge in [-0.25, -0.2) is 4.79 Å². The third kappa shape index (κ3) is 10.4. The second-order valence-electron chi connectivity index (χ2n) is 10.7. The topological polar surface area (TPSA) is 255 Å². The highest BCUT2D eigenvalue weighted by Gasteiger charge is 2.36. The van der Waals surface area contributed by atoms with Crippen molar-refractivity contribution in [1.82, 2.24) is 0 Å². The number of carbonyl (C=O) groups excluding carboxylic acids is 3. The van der Waals surface area contributed by atoms with Crippen LogP contribution >= 0.6 is 136 Å². The number of aliphatic hydroxyl groups is 9. The Labute approximate surface area is 375 Å². The van der Waals surface area contributed by atoms with Gasteiger partial charge in [-0.2, -0.15) is 0 Å². The number of benzene rings is 2. The number of halogens is 6. The van der Waals surface area contributed by atoms with Crippen LogP contribution in [0.4, 0.5) is 27.5 Å². The normalized spacial score (nSPS) is 12.7. The zero-order valence-corrected chi connectivity index (χ0v) is 39.8. The van der Waals surface area contributed by atoms with Gasteiger partial charge in [-0.05, 0) is 136 Å². The molecule has 0 radical (unpaired) electrons. The van der Waals surface area contributed by atoms with E-state index in [0.29, 0.717) is 7.14 Å². The second kappa shape index (κ2) is 21.8. The minimum absolute atomic E-state index is 0.0697. The molecule has 4 amide bonds. The lowest BCUT2D eigenvalue weighted by Crippen LogP contribution is -2.46. The first-order chi connectivity index (χ1) is 24.0. The third-order valence-electron chi connectivity index (χ3n) is 7.45. The van der Waals surface area contributed by atoms with Gasteiger partial charge in [0.2, 0.25) is 11.8 Å². The Hall–Kier alpha value is 0.670. The Bertz CT molecular complexity index is 1600. The van der Waals surface area contributed by atoms with Crippen LogP contribution in [0.1, 0.15) is 37.2 Å². The Morgan fingerprint density at radius 3 is 1.29 bits per heavy atom. The molecule has 2 rings (SSSR count). The lowest BCUT2D eigenvalue weighted by molar-refractivity contribution is -0.118. The summed E-state index contributed by atoms with van der Waals surface area (Å²) in [4.78, 5) is 43.8. The van der Waals surface area contributed by atoms with Crippen molar-refractivity contribution in [3.63, 3.8) is 0 Å². The molecule has 0 heterocycles. The van der Waals surface area contributed by atoms with Crippen molar-refractivity contribution in [1.29, 1.82) is 0 Å². The number of aliphatic hydroxyl groups excluding tert-OH is 9. The molecule has 10 N–H and O–H groups in total. The van der Waals surface area contributed by atoms with Gasteiger partial charge in [-0.1, -0.05) is 0 Å². The molecule has 2 atom stereocenters. The first-order valence-electron chi connectivity index (χ1n) is 14.7. The van der Waals surface area contributed by atoms with E-state index in [9.17, 15) is 60.3 Å². The van der Waals surface area contributed by atoms with Gasteiger partial charge in [0, 0.05) is 39.3 Å². The van der Waals surface area contributed by atoms with Crippen molar-refractivity contribution >= 4 is 176 Å². The van der Waals surface area contributed by atoms with Gasteiger partial charge in [0.25, 0.3) is 0 Å². The molecule has 0 aliphatic heterocycles. The fourth-order valence-electron chi connectivity index (χ4n) is 5.09.